The van der Waals surface area contributed by atoms with Gasteiger partial charge in [0, 0.05) is 15.7 Å². The van der Waals surface area contributed by atoms with Crippen molar-refractivity contribution in [3.05, 3.63) is 57.0 Å². The van der Waals surface area contributed by atoms with Gasteiger partial charge in [-0.2, -0.15) is 0 Å². The quantitative estimate of drug-likeness (QED) is 0.804. The summed E-state index contributed by atoms with van der Waals surface area (Å²) in [6.45, 7) is 1.96. The predicted octanol–water partition coefficient (Wildman–Crippen LogP) is 4.25. The van der Waals surface area contributed by atoms with Crippen LogP contribution in [0.1, 0.15) is 15.9 Å². The normalized spacial score (nSPS) is 10.3. The molecule has 3 N–H and O–H groups in total. The van der Waals surface area contributed by atoms with Gasteiger partial charge in [0.2, 0.25) is 0 Å². The molecule has 0 aliphatic rings. The lowest BCUT2D eigenvalue weighted by Gasteiger charge is -2.08. The van der Waals surface area contributed by atoms with Gasteiger partial charge in [0.25, 0.3) is 5.91 Å². The van der Waals surface area contributed by atoms with Gasteiger partial charge < -0.3 is 11.1 Å². The van der Waals surface area contributed by atoms with Crippen molar-refractivity contribution in [2.24, 2.45) is 0 Å². The summed E-state index contributed by atoms with van der Waals surface area (Å²) in [7, 11) is 0. The number of anilines is 2. The first-order valence-corrected chi connectivity index (χ1v) is 6.77. The molecule has 0 aromatic heterocycles. The van der Waals surface area contributed by atoms with Crippen molar-refractivity contribution < 1.29 is 4.79 Å². The Labute approximate surface area is 124 Å². The summed E-state index contributed by atoms with van der Waals surface area (Å²) < 4.78 is 0.899. The van der Waals surface area contributed by atoms with E-state index in [2.05, 4.69) is 21.2 Å². The van der Waals surface area contributed by atoms with E-state index in [0.29, 0.717) is 22.0 Å². The number of aryl methyl sites for hydroxylation is 1. The van der Waals surface area contributed by atoms with E-state index in [1.807, 2.05) is 13.0 Å². The van der Waals surface area contributed by atoms with Crippen LogP contribution in [0.4, 0.5) is 11.4 Å². The van der Waals surface area contributed by atoms with Gasteiger partial charge in [-0.1, -0.05) is 33.6 Å². The highest BCUT2D eigenvalue weighted by molar-refractivity contribution is 9.10. The smallest absolute Gasteiger partial charge is 0.255 e. The number of hydrogen-bond acceptors (Lipinski definition) is 2. The van der Waals surface area contributed by atoms with Crippen LogP contribution in [0.3, 0.4) is 0 Å². The van der Waals surface area contributed by atoms with Crippen molar-refractivity contribution in [3.8, 4) is 0 Å². The van der Waals surface area contributed by atoms with Gasteiger partial charge in [-0.25, -0.2) is 0 Å². The molecular formula is C14H12BrClN2O. The number of nitrogens with one attached hydrogen (secondary N) is 1. The number of carbonyl (C=O) groups is 1. The molecule has 2 rings (SSSR count). The van der Waals surface area contributed by atoms with E-state index >= 15 is 0 Å². The predicted molar refractivity (Wildman–Crippen MR) is 82.7 cm³/mol. The highest BCUT2D eigenvalue weighted by Crippen LogP contribution is 2.23. The van der Waals surface area contributed by atoms with E-state index in [-0.39, 0.29) is 5.91 Å². The van der Waals surface area contributed by atoms with Crippen molar-refractivity contribution in [2.45, 2.75) is 6.92 Å². The van der Waals surface area contributed by atoms with Crippen molar-refractivity contribution in [2.75, 3.05) is 11.1 Å². The first-order chi connectivity index (χ1) is 8.97. The van der Waals surface area contributed by atoms with Crippen LogP contribution >= 0.6 is 27.5 Å². The first-order valence-electron chi connectivity index (χ1n) is 5.60. The maximum Gasteiger partial charge on any atom is 0.255 e. The van der Waals surface area contributed by atoms with Crippen molar-refractivity contribution in [1.82, 2.24) is 0 Å². The van der Waals surface area contributed by atoms with E-state index in [0.717, 1.165) is 10.0 Å². The molecule has 0 saturated carbocycles. The average Bonchev–Trinajstić information content (AvgIpc) is 2.37. The number of halogens is 2. The van der Waals surface area contributed by atoms with Crippen LogP contribution in [0.5, 0.6) is 0 Å². The molecule has 2 aromatic carbocycles. The molecule has 1 amide bonds. The molecule has 0 aliphatic heterocycles. The molecule has 19 heavy (non-hydrogen) atoms. The zero-order valence-corrected chi connectivity index (χ0v) is 12.5. The molecule has 98 valence electrons. The summed E-state index contributed by atoms with van der Waals surface area (Å²) in [4.78, 5) is 12.1. The fourth-order valence-corrected chi connectivity index (χ4v) is 2.10. The highest BCUT2D eigenvalue weighted by Gasteiger charge is 2.08. The topological polar surface area (TPSA) is 55.1 Å². The molecule has 0 fully saturated rings. The molecular weight excluding hydrogens is 328 g/mol. The first kappa shape index (κ1) is 13.9. The van der Waals surface area contributed by atoms with E-state index in [1.54, 1.807) is 30.3 Å². The van der Waals surface area contributed by atoms with E-state index in [9.17, 15) is 4.79 Å². The number of rotatable bonds is 2. The number of carbonyl (C=O) groups excluding carboxylic acids is 1. The summed E-state index contributed by atoms with van der Waals surface area (Å²) in [5, 5.41) is 3.19. The number of amides is 1. The summed E-state index contributed by atoms with van der Waals surface area (Å²) in [6.07, 6.45) is 0. The Kier molecular flexibility index (Phi) is 4.12. The van der Waals surface area contributed by atoms with Crippen LogP contribution in [0.15, 0.2) is 40.9 Å². The lowest BCUT2D eigenvalue weighted by atomic mass is 10.1. The summed E-state index contributed by atoms with van der Waals surface area (Å²) in [5.74, 6) is -0.193. The lowest BCUT2D eigenvalue weighted by Crippen LogP contribution is -2.12. The molecule has 0 radical (unpaired) electrons. The third kappa shape index (κ3) is 3.28. The Balaban J connectivity index is 2.20. The number of hydrogen-bond donors (Lipinski definition) is 2. The average molecular weight is 340 g/mol. The van der Waals surface area contributed by atoms with E-state index < -0.39 is 0 Å². The standard InChI is InChI=1S/C14H12BrClN2O/c1-8-2-3-9(6-11(8)15)14(19)18-10-4-5-13(17)12(16)7-10/h2-7H,17H2,1H3,(H,18,19). The van der Waals surface area contributed by atoms with Gasteiger partial charge in [0.1, 0.15) is 0 Å². The highest BCUT2D eigenvalue weighted by atomic mass is 79.9. The molecule has 0 heterocycles. The molecule has 0 unspecified atom stereocenters. The van der Waals surface area contributed by atoms with Gasteiger partial charge in [0.05, 0.1) is 10.7 Å². The minimum absolute atomic E-state index is 0.193. The Hall–Kier alpha value is -1.52. The number of benzene rings is 2. The largest absolute Gasteiger partial charge is 0.398 e. The van der Waals surface area contributed by atoms with Crippen LogP contribution in [-0.2, 0) is 0 Å². The molecule has 5 heteroatoms. The zero-order valence-electron chi connectivity index (χ0n) is 10.2. The van der Waals surface area contributed by atoms with Crippen LogP contribution in [0.2, 0.25) is 5.02 Å². The van der Waals surface area contributed by atoms with E-state index in [1.165, 1.54) is 0 Å². The fraction of sp³-hybridized carbons (Fsp3) is 0.0714. The van der Waals surface area contributed by atoms with Gasteiger partial charge in [0.15, 0.2) is 0 Å². The number of nitrogen functional groups attached to an aromatic ring is 1. The van der Waals surface area contributed by atoms with Gasteiger partial charge in [-0.15, -0.1) is 0 Å². The number of nitrogens with two attached hydrogens (primary N) is 1. The maximum absolute atomic E-state index is 12.1. The minimum atomic E-state index is -0.193. The molecule has 0 spiro atoms. The molecule has 0 atom stereocenters. The zero-order chi connectivity index (χ0) is 14.0. The maximum atomic E-state index is 12.1. The second-order valence-corrected chi connectivity index (χ2v) is 5.42. The van der Waals surface area contributed by atoms with E-state index in [4.69, 9.17) is 17.3 Å². The minimum Gasteiger partial charge on any atom is -0.398 e. The summed E-state index contributed by atoms with van der Waals surface area (Å²) in [6, 6.07) is 10.4. The monoisotopic (exact) mass is 338 g/mol. The summed E-state index contributed by atoms with van der Waals surface area (Å²) in [5.41, 5.74) is 8.36. The third-order valence-corrected chi connectivity index (χ3v) is 3.87. The van der Waals surface area contributed by atoms with Crippen LogP contribution in [0.25, 0.3) is 0 Å². The molecule has 0 aliphatic carbocycles. The summed E-state index contributed by atoms with van der Waals surface area (Å²) >= 11 is 9.31. The lowest BCUT2D eigenvalue weighted by molar-refractivity contribution is 0.102. The molecule has 0 saturated heterocycles. The molecule has 3 nitrogen and oxygen atoms in total. The second-order valence-electron chi connectivity index (χ2n) is 4.15. The molecule has 0 bridgehead atoms. The Morgan fingerprint density at radius 2 is 2.00 bits per heavy atom. The Morgan fingerprint density at radius 1 is 1.26 bits per heavy atom. The Morgan fingerprint density at radius 3 is 2.63 bits per heavy atom. The van der Waals surface area contributed by atoms with Crippen molar-refractivity contribution >= 4 is 44.8 Å². The van der Waals surface area contributed by atoms with Gasteiger partial charge in [-0.3, -0.25) is 4.79 Å². The molecule has 2 aromatic rings. The van der Waals surface area contributed by atoms with Gasteiger partial charge in [-0.05, 0) is 42.8 Å². The van der Waals surface area contributed by atoms with Crippen molar-refractivity contribution in [1.29, 1.82) is 0 Å². The SMILES string of the molecule is Cc1ccc(C(=O)Nc2ccc(N)c(Cl)c2)cc1Br. The van der Waals surface area contributed by atoms with Crippen LogP contribution < -0.4 is 11.1 Å². The van der Waals surface area contributed by atoms with Crippen molar-refractivity contribution in [3.63, 3.8) is 0 Å². The second kappa shape index (κ2) is 5.63. The van der Waals surface area contributed by atoms with Gasteiger partial charge >= 0.3 is 0 Å². The third-order valence-electron chi connectivity index (χ3n) is 2.69. The van der Waals surface area contributed by atoms with Crippen LogP contribution in [0, 0.1) is 6.92 Å². The van der Waals surface area contributed by atoms with Crippen LogP contribution in [-0.4, -0.2) is 5.91 Å². The Bertz CT molecular complexity index is 643. The fourth-order valence-electron chi connectivity index (χ4n) is 1.54.